The van der Waals surface area contributed by atoms with E-state index in [1.807, 2.05) is 20.8 Å². The van der Waals surface area contributed by atoms with Crippen molar-refractivity contribution in [2.75, 3.05) is 12.3 Å². The molecule has 1 aromatic rings. The first-order valence-electron chi connectivity index (χ1n) is 6.32. The van der Waals surface area contributed by atoms with E-state index in [1.165, 1.54) is 18.2 Å². The van der Waals surface area contributed by atoms with E-state index >= 15 is 0 Å². The molecule has 110 valence electrons. The van der Waals surface area contributed by atoms with Gasteiger partial charge in [0.05, 0.1) is 16.3 Å². The second-order valence-corrected chi connectivity index (χ2v) is 5.32. The Hall–Kier alpha value is -1.75. The molecular formula is C14H19ClN2O3. The Kier molecular flexibility index (Phi) is 5.82. The second kappa shape index (κ2) is 7.14. The van der Waals surface area contributed by atoms with E-state index < -0.39 is 5.97 Å². The van der Waals surface area contributed by atoms with Gasteiger partial charge in [0.25, 0.3) is 5.91 Å². The lowest BCUT2D eigenvalue weighted by atomic mass is 10.1. The number of anilines is 1. The number of nitrogens with one attached hydrogen (secondary N) is 1. The minimum Gasteiger partial charge on any atom is -0.452 e. The van der Waals surface area contributed by atoms with Gasteiger partial charge < -0.3 is 15.8 Å². The van der Waals surface area contributed by atoms with Crippen LogP contribution < -0.4 is 11.1 Å². The lowest BCUT2D eigenvalue weighted by Crippen LogP contribution is -2.38. The lowest BCUT2D eigenvalue weighted by molar-refractivity contribution is -0.125. The van der Waals surface area contributed by atoms with Crippen molar-refractivity contribution in [3.63, 3.8) is 0 Å². The molecule has 20 heavy (non-hydrogen) atoms. The van der Waals surface area contributed by atoms with Crippen LogP contribution in [0.4, 0.5) is 5.69 Å². The first kappa shape index (κ1) is 16.3. The Labute approximate surface area is 123 Å². The molecule has 3 N–H and O–H groups in total. The number of carbonyl (C=O) groups is 2. The number of nitrogen functional groups attached to an aromatic ring is 1. The number of hydrogen-bond donors (Lipinski definition) is 2. The van der Waals surface area contributed by atoms with Crippen LogP contribution in [0.3, 0.4) is 0 Å². The van der Waals surface area contributed by atoms with Crippen molar-refractivity contribution in [1.29, 1.82) is 0 Å². The van der Waals surface area contributed by atoms with Gasteiger partial charge in [-0.3, -0.25) is 4.79 Å². The normalized spacial score (nSPS) is 12.1. The molecular weight excluding hydrogens is 280 g/mol. The Morgan fingerprint density at radius 3 is 2.55 bits per heavy atom. The number of halogens is 1. The summed E-state index contributed by atoms with van der Waals surface area (Å²) in [5.41, 5.74) is 6.19. The van der Waals surface area contributed by atoms with Crippen LogP contribution in [0, 0.1) is 5.92 Å². The van der Waals surface area contributed by atoms with E-state index in [4.69, 9.17) is 22.1 Å². The molecule has 0 aliphatic heterocycles. The van der Waals surface area contributed by atoms with E-state index in [9.17, 15) is 9.59 Å². The Morgan fingerprint density at radius 1 is 1.35 bits per heavy atom. The highest BCUT2D eigenvalue weighted by molar-refractivity contribution is 6.33. The predicted molar refractivity (Wildman–Crippen MR) is 78.6 cm³/mol. The third-order valence-electron chi connectivity index (χ3n) is 2.96. The summed E-state index contributed by atoms with van der Waals surface area (Å²) in [7, 11) is 0. The molecule has 0 aromatic heterocycles. The van der Waals surface area contributed by atoms with Gasteiger partial charge in [0.1, 0.15) is 0 Å². The summed E-state index contributed by atoms with van der Waals surface area (Å²) in [6.07, 6.45) is 0. The summed E-state index contributed by atoms with van der Waals surface area (Å²) in [5, 5.41) is 3.02. The summed E-state index contributed by atoms with van der Waals surface area (Å²) >= 11 is 5.81. The van der Waals surface area contributed by atoms with Crippen LogP contribution in [-0.4, -0.2) is 24.5 Å². The maximum atomic E-state index is 11.7. The fraction of sp³-hybridized carbons (Fsp3) is 0.429. The van der Waals surface area contributed by atoms with Crippen LogP contribution in [0.1, 0.15) is 31.1 Å². The number of nitrogens with two attached hydrogens (primary N) is 1. The summed E-state index contributed by atoms with van der Waals surface area (Å²) in [6.45, 7) is 5.56. The molecule has 1 rings (SSSR count). The van der Waals surface area contributed by atoms with E-state index in [2.05, 4.69) is 5.32 Å². The Morgan fingerprint density at radius 2 is 2.00 bits per heavy atom. The van der Waals surface area contributed by atoms with Gasteiger partial charge in [0, 0.05) is 6.04 Å². The molecule has 0 radical (unpaired) electrons. The maximum absolute atomic E-state index is 11.7. The fourth-order valence-electron chi connectivity index (χ4n) is 1.33. The zero-order chi connectivity index (χ0) is 15.3. The molecule has 1 aromatic carbocycles. The number of benzene rings is 1. The summed E-state index contributed by atoms with van der Waals surface area (Å²) in [6, 6.07) is 4.44. The van der Waals surface area contributed by atoms with Crippen molar-refractivity contribution in [2.45, 2.75) is 26.8 Å². The van der Waals surface area contributed by atoms with Crippen LogP contribution in [0.15, 0.2) is 18.2 Å². The zero-order valence-electron chi connectivity index (χ0n) is 11.8. The van der Waals surface area contributed by atoms with Crippen LogP contribution in [0.5, 0.6) is 0 Å². The van der Waals surface area contributed by atoms with Crippen LogP contribution >= 0.6 is 11.6 Å². The molecule has 1 atom stereocenters. The van der Waals surface area contributed by atoms with Gasteiger partial charge in [-0.15, -0.1) is 0 Å². The molecule has 0 spiro atoms. The first-order chi connectivity index (χ1) is 9.31. The van der Waals surface area contributed by atoms with Gasteiger partial charge in [-0.1, -0.05) is 25.4 Å². The second-order valence-electron chi connectivity index (χ2n) is 4.91. The zero-order valence-corrected chi connectivity index (χ0v) is 12.5. The molecule has 0 saturated heterocycles. The topological polar surface area (TPSA) is 81.4 Å². The van der Waals surface area contributed by atoms with Crippen molar-refractivity contribution in [2.24, 2.45) is 5.92 Å². The quantitative estimate of drug-likeness (QED) is 0.645. The molecule has 0 bridgehead atoms. The summed E-state index contributed by atoms with van der Waals surface area (Å²) < 4.78 is 4.91. The van der Waals surface area contributed by atoms with Crippen LogP contribution in [0.25, 0.3) is 0 Å². The summed E-state index contributed by atoms with van der Waals surface area (Å²) in [5.74, 6) is -0.633. The van der Waals surface area contributed by atoms with Crippen molar-refractivity contribution < 1.29 is 14.3 Å². The number of esters is 1. The molecule has 6 heteroatoms. The monoisotopic (exact) mass is 298 g/mol. The molecule has 0 fully saturated rings. The third-order valence-corrected chi connectivity index (χ3v) is 3.29. The van der Waals surface area contributed by atoms with Crippen molar-refractivity contribution in [1.82, 2.24) is 5.32 Å². The van der Waals surface area contributed by atoms with E-state index in [1.54, 1.807) is 0 Å². The number of amides is 1. The molecule has 0 aliphatic carbocycles. The highest BCUT2D eigenvalue weighted by atomic mass is 35.5. The van der Waals surface area contributed by atoms with Crippen LogP contribution in [0.2, 0.25) is 5.02 Å². The Balaban J connectivity index is 2.51. The molecule has 1 unspecified atom stereocenters. The maximum Gasteiger partial charge on any atom is 0.338 e. The highest BCUT2D eigenvalue weighted by Crippen LogP contribution is 2.20. The average molecular weight is 299 g/mol. The van der Waals surface area contributed by atoms with E-state index in [0.29, 0.717) is 11.6 Å². The predicted octanol–water partition coefficient (Wildman–Crippen LogP) is 2.24. The molecule has 0 saturated carbocycles. The fourth-order valence-corrected chi connectivity index (χ4v) is 1.51. The smallest absolute Gasteiger partial charge is 0.338 e. The standard InChI is InChI=1S/C14H19ClN2O3/c1-8(2)9(3)17-13(18)7-20-14(19)10-4-5-12(16)11(15)6-10/h4-6,8-9H,7,16H2,1-3H3,(H,17,18). The van der Waals surface area contributed by atoms with Gasteiger partial charge in [0.15, 0.2) is 6.61 Å². The average Bonchev–Trinajstić information content (AvgIpc) is 2.39. The van der Waals surface area contributed by atoms with Crippen molar-refractivity contribution in [3.8, 4) is 0 Å². The number of ether oxygens (including phenoxy) is 1. The lowest BCUT2D eigenvalue weighted by Gasteiger charge is -2.17. The van der Waals surface area contributed by atoms with Gasteiger partial charge in [-0.05, 0) is 31.0 Å². The molecule has 1 amide bonds. The van der Waals surface area contributed by atoms with Crippen molar-refractivity contribution >= 4 is 29.2 Å². The molecule has 5 nitrogen and oxygen atoms in total. The minimum atomic E-state index is -0.612. The first-order valence-corrected chi connectivity index (χ1v) is 6.70. The van der Waals surface area contributed by atoms with E-state index in [-0.39, 0.29) is 29.1 Å². The number of rotatable bonds is 5. The van der Waals surface area contributed by atoms with Gasteiger partial charge >= 0.3 is 5.97 Å². The van der Waals surface area contributed by atoms with Crippen LogP contribution in [-0.2, 0) is 9.53 Å². The largest absolute Gasteiger partial charge is 0.452 e. The third kappa shape index (κ3) is 4.74. The Bertz CT molecular complexity index is 503. The molecule has 0 heterocycles. The number of carbonyl (C=O) groups excluding carboxylic acids is 2. The minimum absolute atomic E-state index is 0.0205. The van der Waals surface area contributed by atoms with Crippen molar-refractivity contribution in [3.05, 3.63) is 28.8 Å². The highest BCUT2D eigenvalue weighted by Gasteiger charge is 2.14. The SMILES string of the molecule is CC(C)C(C)NC(=O)COC(=O)c1ccc(N)c(Cl)c1. The van der Waals surface area contributed by atoms with E-state index in [0.717, 1.165) is 0 Å². The molecule has 0 aliphatic rings. The summed E-state index contributed by atoms with van der Waals surface area (Å²) in [4.78, 5) is 23.3. The van der Waals surface area contributed by atoms with Gasteiger partial charge in [-0.25, -0.2) is 4.79 Å². The van der Waals surface area contributed by atoms with Gasteiger partial charge in [0.2, 0.25) is 0 Å². The van der Waals surface area contributed by atoms with Gasteiger partial charge in [-0.2, -0.15) is 0 Å². The number of hydrogen-bond acceptors (Lipinski definition) is 4.